The average Bonchev–Trinajstić information content (AvgIpc) is 2.39. The zero-order chi connectivity index (χ0) is 14.9. The Hall–Kier alpha value is -1.07. The number of alkyl halides is 1. The molecule has 20 heavy (non-hydrogen) atoms. The van der Waals surface area contributed by atoms with Gasteiger partial charge < -0.3 is 0 Å². The molecule has 0 spiro atoms. The second-order valence-corrected chi connectivity index (χ2v) is 5.68. The van der Waals surface area contributed by atoms with Crippen LogP contribution in [0.3, 0.4) is 0 Å². The van der Waals surface area contributed by atoms with E-state index >= 15 is 0 Å². The van der Waals surface area contributed by atoms with Crippen LogP contribution in [0.5, 0.6) is 0 Å². The van der Waals surface area contributed by atoms with Crippen molar-refractivity contribution in [2.24, 2.45) is 0 Å². The van der Waals surface area contributed by atoms with Gasteiger partial charge in [0.05, 0.1) is 0 Å². The molecule has 0 N–H and O–H groups in total. The van der Waals surface area contributed by atoms with Gasteiger partial charge in [-0.15, -0.1) is 0 Å². The Morgan fingerprint density at radius 1 is 1.00 bits per heavy atom. The number of hydrogen-bond donors (Lipinski definition) is 0. The molecule has 2 aromatic carbocycles. The fraction of sp³-hybridized carbons (Fsp3) is 0.143. The van der Waals surface area contributed by atoms with Crippen molar-refractivity contribution in [2.75, 3.05) is 0 Å². The first-order valence-electron chi connectivity index (χ1n) is 5.61. The van der Waals surface area contributed by atoms with Crippen LogP contribution < -0.4 is 0 Å². The molecule has 0 heterocycles. The van der Waals surface area contributed by atoms with E-state index in [1.165, 1.54) is 12.1 Å². The lowest BCUT2D eigenvalue weighted by Crippen LogP contribution is -2.02. The molecule has 0 aliphatic carbocycles. The van der Waals surface area contributed by atoms with E-state index in [0.717, 1.165) is 18.2 Å². The highest BCUT2D eigenvalue weighted by atomic mass is 79.9. The number of benzene rings is 2. The van der Waals surface area contributed by atoms with Crippen LogP contribution in [-0.2, 0) is 6.42 Å². The Kier molecular flexibility index (Phi) is 4.70. The molecule has 0 amide bonds. The van der Waals surface area contributed by atoms with Gasteiger partial charge in [0.25, 0.3) is 0 Å². The van der Waals surface area contributed by atoms with Crippen molar-refractivity contribution in [1.29, 1.82) is 0 Å². The van der Waals surface area contributed by atoms with E-state index in [0.29, 0.717) is 0 Å². The molecule has 0 radical (unpaired) electrons. The van der Waals surface area contributed by atoms with Gasteiger partial charge in [-0.25, -0.2) is 17.6 Å². The van der Waals surface area contributed by atoms with Crippen LogP contribution >= 0.6 is 27.5 Å². The lowest BCUT2D eigenvalue weighted by Gasteiger charge is -2.13. The molecule has 0 saturated heterocycles. The van der Waals surface area contributed by atoms with E-state index in [2.05, 4.69) is 15.9 Å². The van der Waals surface area contributed by atoms with Gasteiger partial charge in [0.15, 0.2) is 23.3 Å². The van der Waals surface area contributed by atoms with Crippen LogP contribution in [0.2, 0.25) is 5.02 Å². The third-order valence-electron chi connectivity index (χ3n) is 2.81. The molecule has 0 aliphatic heterocycles. The Labute approximate surface area is 126 Å². The molecular weight excluding hydrogens is 360 g/mol. The van der Waals surface area contributed by atoms with Crippen molar-refractivity contribution in [3.8, 4) is 0 Å². The summed E-state index contributed by atoms with van der Waals surface area (Å²) in [6.45, 7) is 0. The fourth-order valence-corrected chi connectivity index (χ4v) is 2.93. The van der Waals surface area contributed by atoms with E-state index in [9.17, 15) is 17.6 Å². The van der Waals surface area contributed by atoms with Gasteiger partial charge in [-0.2, -0.15) is 0 Å². The molecule has 0 aliphatic rings. The zero-order valence-corrected chi connectivity index (χ0v) is 12.3. The Morgan fingerprint density at radius 2 is 1.65 bits per heavy atom. The molecule has 1 unspecified atom stereocenters. The summed E-state index contributed by atoms with van der Waals surface area (Å²) in [5.74, 6) is -4.03. The van der Waals surface area contributed by atoms with Crippen molar-refractivity contribution in [3.05, 3.63) is 69.8 Å². The maximum atomic E-state index is 13.6. The van der Waals surface area contributed by atoms with E-state index in [4.69, 9.17) is 11.6 Å². The summed E-state index contributed by atoms with van der Waals surface area (Å²) in [5, 5.41) is 0.0163. The van der Waals surface area contributed by atoms with Gasteiger partial charge in [-0.1, -0.05) is 39.7 Å². The molecule has 2 aromatic rings. The minimum atomic E-state index is -1.06. The maximum absolute atomic E-state index is 13.6. The van der Waals surface area contributed by atoms with Crippen LogP contribution in [0.4, 0.5) is 17.6 Å². The summed E-state index contributed by atoms with van der Waals surface area (Å²) in [7, 11) is 0. The lowest BCUT2D eigenvalue weighted by molar-refractivity contribution is 0.497. The van der Waals surface area contributed by atoms with Gasteiger partial charge in [0.2, 0.25) is 0 Å². The predicted octanol–water partition coefficient (Wildman–Crippen LogP) is 5.58. The Morgan fingerprint density at radius 3 is 2.35 bits per heavy atom. The minimum Gasteiger partial charge on any atom is -0.204 e. The summed E-state index contributed by atoms with van der Waals surface area (Å²) in [5.41, 5.74) is 0.391. The molecule has 106 valence electrons. The summed E-state index contributed by atoms with van der Waals surface area (Å²) in [6, 6.07) is 5.59. The van der Waals surface area contributed by atoms with Crippen LogP contribution in [-0.4, -0.2) is 0 Å². The standard InChI is InChI=1S/C14H8BrClF4/c15-9(4-7-2-1-3-11(17)14(7)20)8-5-12(18)13(19)6-10(8)16/h1-3,5-6,9H,4H2. The average molecular weight is 368 g/mol. The highest BCUT2D eigenvalue weighted by Gasteiger charge is 2.18. The lowest BCUT2D eigenvalue weighted by atomic mass is 10.0. The first-order chi connectivity index (χ1) is 9.40. The highest BCUT2D eigenvalue weighted by Crippen LogP contribution is 2.34. The first-order valence-corrected chi connectivity index (χ1v) is 6.91. The van der Waals surface area contributed by atoms with Gasteiger partial charge in [0.1, 0.15) is 0 Å². The third kappa shape index (κ3) is 3.15. The summed E-state index contributed by atoms with van der Waals surface area (Å²) < 4.78 is 52.9. The van der Waals surface area contributed by atoms with Crippen LogP contribution in [0.1, 0.15) is 16.0 Å². The molecule has 6 heteroatoms. The first kappa shape index (κ1) is 15.3. The summed E-state index contributed by atoms with van der Waals surface area (Å²) in [4.78, 5) is -0.568. The zero-order valence-electron chi connectivity index (χ0n) is 9.94. The molecule has 1 atom stereocenters. The van der Waals surface area contributed by atoms with Crippen molar-refractivity contribution >= 4 is 27.5 Å². The SMILES string of the molecule is Fc1cc(Cl)c(C(Br)Cc2cccc(F)c2F)cc1F. The van der Waals surface area contributed by atoms with Gasteiger partial charge in [-0.3, -0.25) is 0 Å². The summed E-state index contributed by atoms with van der Waals surface area (Å²) in [6.07, 6.45) is 0.0500. The van der Waals surface area contributed by atoms with Gasteiger partial charge in [0, 0.05) is 9.85 Å². The molecule has 0 nitrogen and oxygen atoms in total. The number of hydrogen-bond acceptors (Lipinski definition) is 0. The quantitative estimate of drug-likeness (QED) is 0.378. The number of halogens is 6. The van der Waals surface area contributed by atoms with Crippen molar-refractivity contribution in [2.45, 2.75) is 11.2 Å². The van der Waals surface area contributed by atoms with E-state index in [-0.39, 0.29) is 22.6 Å². The molecular formula is C14H8BrClF4. The number of rotatable bonds is 3. The predicted molar refractivity (Wildman–Crippen MR) is 73.1 cm³/mol. The largest absolute Gasteiger partial charge is 0.204 e. The summed E-state index contributed by atoms with van der Waals surface area (Å²) >= 11 is 9.06. The van der Waals surface area contributed by atoms with Gasteiger partial charge >= 0.3 is 0 Å². The highest BCUT2D eigenvalue weighted by molar-refractivity contribution is 9.09. The second-order valence-electron chi connectivity index (χ2n) is 4.17. The van der Waals surface area contributed by atoms with Crippen molar-refractivity contribution in [3.63, 3.8) is 0 Å². The normalized spacial score (nSPS) is 12.5. The van der Waals surface area contributed by atoms with Crippen LogP contribution in [0, 0.1) is 23.3 Å². The minimum absolute atomic E-state index is 0.0163. The van der Waals surface area contributed by atoms with Crippen LogP contribution in [0.25, 0.3) is 0 Å². The van der Waals surface area contributed by atoms with E-state index in [1.807, 2.05) is 0 Å². The van der Waals surface area contributed by atoms with E-state index < -0.39 is 28.1 Å². The maximum Gasteiger partial charge on any atom is 0.162 e. The molecule has 0 bridgehead atoms. The van der Waals surface area contributed by atoms with Crippen molar-refractivity contribution < 1.29 is 17.6 Å². The van der Waals surface area contributed by atoms with E-state index in [1.54, 1.807) is 0 Å². The smallest absolute Gasteiger partial charge is 0.162 e. The molecule has 0 saturated carbocycles. The van der Waals surface area contributed by atoms with Crippen molar-refractivity contribution in [1.82, 2.24) is 0 Å². The molecule has 0 aromatic heterocycles. The Balaban J connectivity index is 2.31. The molecule has 2 rings (SSSR count). The third-order valence-corrected chi connectivity index (χ3v) is 3.95. The topological polar surface area (TPSA) is 0 Å². The Bertz CT molecular complexity index is 645. The van der Waals surface area contributed by atoms with Crippen LogP contribution in [0.15, 0.2) is 30.3 Å². The van der Waals surface area contributed by atoms with Gasteiger partial charge in [-0.05, 0) is 35.7 Å². The second kappa shape index (κ2) is 6.14. The molecule has 0 fully saturated rings. The fourth-order valence-electron chi connectivity index (χ4n) is 1.79. The monoisotopic (exact) mass is 366 g/mol.